The highest BCUT2D eigenvalue weighted by Gasteiger charge is 2.38. The number of hydrogen-bond acceptors (Lipinski definition) is 7. The van der Waals surface area contributed by atoms with Crippen molar-refractivity contribution in [3.63, 3.8) is 0 Å². The summed E-state index contributed by atoms with van der Waals surface area (Å²) in [5, 5.41) is 22.1. The predicted molar refractivity (Wildman–Crippen MR) is 122 cm³/mol. The van der Waals surface area contributed by atoms with Gasteiger partial charge in [-0.3, -0.25) is 4.90 Å². The van der Waals surface area contributed by atoms with E-state index in [1.807, 2.05) is 48.3 Å². The highest BCUT2D eigenvalue weighted by atomic mass is 16.5. The van der Waals surface area contributed by atoms with E-state index in [0.29, 0.717) is 30.2 Å². The van der Waals surface area contributed by atoms with Gasteiger partial charge in [0.2, 0.25) is 0 Å². The van der Waals surface area contributed by atoms with Crippen molar-refractivity contribution in [2.24, 2.45) is 0 Å². The first-order chi connectivity index (χ1) is 15.8. The maximum Gasteiger partial charge on any atom is 0.336 e. The van der Waals surface area contributed by atoms with E-state index in [9.17, 15) is 20.0 Å². The fourth-order valence-electron chi connectivity index (χ4n) is 3.86. The molecule has 0 bridgehead atoms. The minimum absolute atomic E-state index is 0.00339. The number of pyridine rings is 1. The number of ether oxygens (including phenoxy) is 1. The van der Waals surface area contributed by atoms with Gasteiger partial charge in [-0.2, -0.15) is 5.26 Å². The summed E-state index contributed by atoms with van der Waals surface area (Å²) in [5.41, 5.74) is 2.67. The van der Waals surface area contributed by atoms with E-state index in [1.54, 1.807) is 26.0 Å². The monoisotopic (exact) mass is 446 g/mol. The largest absolute Gasteiger partial charge is 0.478 e. The van der Waals surface area contributed by atoms with Crippen molar-refractivity contribution in [1.29, 1.82) is 5.26 Å². The number of carbonyl (C=O) groups is 2. The van der Waals surface area contributed by atoms with Crippen LogP contribution in [0.2, 0.25) is 0 Å². The van der Waals surface area contributed by atoms with E-state index in [2.05, 4.69) is 10.3 Å². The van der Waals surface area contributed by atoms with Gasteiger partial charge >= 0.3 is 11.9 Å². The van der Waals surface area contributed by atoms with Gasteiger partial charge in [0.1, 0.15) is 18.4 Å². The Morgan fingerprint density at radius 1 is 1.12 bits per heavy atom. The van der Waals surface area contributed by atoms with Crippen LogP contribution in [0.15, 0.2) is 71.1 Å². The van der Waals surface area contributed by atoms with Crippen LogP contribution in [0.1, 0.15) is 36.7 Å². The molecule has 1 atom stereocenters. The van der Waals surface area contributed by atoms with Gasteiger partial charge in [-0.1, -0.05) is 36.4 Å². The number of carbonyl (C=O) groups excluding carboxylic acids is 1. The first kappa shape index (κ1) is 23.7. The Balaban J connectivity index is 1.79. The quantitative estimate of drug-likeness (QED) is 0.595. The Bertz CT molecular complexity index is 1150. The number of allylic oxidation sites excluding steroid dienone is 2. The van der Waals surface area contributed by atoms with Gasteiger partial charge < -0.3 is 15.2 Å². The number of esters is 1. The van der Waals surface area contributed by atoms with E-state index in [-0.39, 0.29) is 23.4 Å². The number of dihydropyridines is 1. The Hall–Kier alpha value is -3.96. The minimum Gasteiger partial charge on any atom is -0.478 e. The van der Waals surface area contributed by atoms with Crippen molar-refractivity contribution in [2.75, 3.05) is 20.2 Å². The van der Waals surface area contributed by atoms with Crippen molar-refractivity contribution in [3.8, 4) is 6.07 Å². The molecule has 1 aliphatic rings. The average molecular weight is 447 g/mol. The molecule has 2 heterocycles. The number of nitriles is 1. The van der Waals surface area contributed by atoms with Crippen molar-refractivity contribution < 1.29 is 19.4 Å². The molecule has 2 aromatic rings. The summed E-state index contributed by atoms with van der Waals surface area (Å²) >= 11 is 0. The standard InChI is InChI=1S/C25H26N4O4/c1-16-21(24(30)31)23(20-11-7-10-19(14-26)28-20)22(17(2)27-16)25(32)33-13-12-29(3)15-18-8-5-4-6-9-18/h4-11,23,27H,12-13,15H2,1-3H3,(H,30,31). The number of likely N-dealkylation sites (N-methyl/N-ethyl adjacent to an activating group) is 1. The molecule has 0 saturated carbocycles. The molecular formula is C25H26N4O4. The van der Waals surface area contributed by atoms with E-state index < -0.39 is 17.9 Å². The Labute approximate surface area is 192 Å². The summed E-state index contributed by atoms with van der Waals surface area (Å²) < 4.78 is 5.55. The zero-order chi connectivity index (χ0) is 24.0. The van der Waals surface area contributed by atoms with Gasteiger partial charge in [0.15, 0.2) is 0 Å². The van der Waals surface area contributed by atoms with E-state index >= 15 is 0 Å². The molecule has 1 unspecified atom stereocenters. The van der Waals surface area contributed by atoms with Crippen LogP contribution >= 0.6 is 0 Å². The van der Waals surface area contributed by atoms with Gasteiger partial charge in [-0.05, 0) is 38.6 Å². The molecule has 2 N–H and O–H groups in total. The van der Waals surface area contributed by atoms with Gasteiger partial charge in [0.25, 0.3) is 0 Å². The summed E-state index contributed by atoms with van der Waals surface area (Å²) in [4.78, 5) is 31.5. The predicted octanol–water partition coefficient (Wildman–Crippen LogP) is 2.95. The molecular weight excluding hydrogens is 420 g/mol. The minimum atomic E-state index is -1.17. The molecule has 33 heavy (non-hydrogen) atoms. The fourth-order valence-corrected chi connectivity index (χ4v) is 3.86. The lowest BCUT2D eigenvalue weighted by Crippen LogP contribution is -2.33. The number of benzene rings is 1. The second-order valence-corrected chi connectivity index (χ2v) is 7.86. The summed E-state index contributed by atoms with van der Waals surface area (Å²) in [6, 6.07) is 16.7. The van der Waals surface area contributed by atoms with Crippen LogP contribution in [0.3, 0.4) is 0 Å². The summed E-state index contributed by atoms with van der Waals surface area (Å²) in [5.74, 6) is -2.74. The number of nitrogens with one attached hydrogen (secondary N) is 1. The van der Waals surface area contributed by atoms with Crippen LogP contribution < -0.4 is 5.32 Å². The lowest BCUT2D eigenvalue weighted by Gasteiger charge is -2.29. The van der Waals surface area contributed by atoms with Gasteiger partial charge in [-0.25, -0.2) is 14.6 Å². The fraction of sp³-hybridized carbons (Fsp3) is 0.280. The number of hydrogen-bond donors (Lipinski definition) is 2. The number of aliphatic carboxylic acids is 1. The second kappa shape index (κ2) is 10.6. The molecule has 170 valence electrons. The molecule has 0 amide bonds. The van der Waals surface area contributed by atoms with Crippen LogP contribution in [0, 0.1) is 11.3 Å². The zero-order valence-corrected chi connectivity index (χ0v) is 18.8. The molecule has 0 saturated heterocycles. The molecule has 1 aliphatic heterocycles. The first-order valence-electron chi connectivity index (χ1n) is 10.5. The van der Waals surface area contributed by atoms with Crippen LogP contribution in [0.25, 0.3) is 0 Å². The van der Waals surface area contributed by atoms with E-state index in [4.69, 9.17) is 4.74 Å². The van der Waals surface area contributed by atoms with Gasteiger partial charge in [0, 0.05) is 24.5 Å². The first-order valence-corrected chi connectivity index (χ1v) is 10.5. The Kier molecular flexibility index (Phi) is 7.59. The normalized spacial score (nSPS) is 15.8. The highest BCUT2D eigenvalue weighted by Crippen LogP contribution is 2.37. The average Bonchev–Trinajstić information content (AvgIpc) is 2.78. The molecule has 0 radical (unpaired) electrons. The van der Waals surface area contributed by atoms with Gasteiger partial charge in [-0.15, -0.1) is 0 Å². The zero-order valence-electron chi connectivity index (χ0n) is 18.8. The molecule has 0 aliphatic carbocycles. The summed E-state index contributed by atoms with van der Waals surface area (Å²) in [6.07, 6.45) is 0. The Morgan fingerprint density at radius 3 is 2.48 bits per heavy atom. The summed E-state index contributed by atoms with van der Waals surface area (Å²) in [6.45, 7) is 4.69. The van der Waals surface area contributed by atoms with Crippen LogP contribution in [0.4, 0.5) is 0 Å². The smallest absolute Gasteiger partial charge is 0.336 e. The molecule has 1 aromatic heterocycles. The third kappa shape index (κ3) is 5.64. The second-order valence-electron chi connectivity index (χ2n) is 7.86. The molecule has 0 fully saturated rings. The summed E-state index contributed by atoms with van der Waals surface area (Å²) in [7, 11) is 1.93. The molecule has 1 aromatic carbocycles. The van der Waals surface area contributed by atoms with Crippen molar-refractivity contribution in [2.45, 2.75) is 26.3 Å². The maximum absolute atomic E-state index is 13.1. The lowest BCUT2D eigenvalue weighted by atomic mass is 9.82. The topological polar surface area (TPSA) is 116 Å². The van der Waals surface area contributed by atoms with Crippen molar-refractivity contribution >= 4 is 11.9 Å². The SMILES string of the molecule is CC1=C(C(=O)O)C(c2cccc(C#N)n2)C(C(=O)OCCN(C)Cc2ccccc2)=C(C)N1. The third-order valence-corrected chi connectivity index (χ3v) is 5.39. The number of rotatable bonds is 8. The number of carboxylic acid groups (broad SMARTS) is 1. The number of aromatic nitrogens is 1. The lowest BCUT2D eigenvalue weighted by molar-refractivity contribution is -0.139. The Morgan fingerprint density at radius 2 is 1.82 bits per heavy atom. The van der Waals surface area contributed by atoms with Gasteiger partial charge in [0.05, 0.1) is 22.8 Å². The number of carboxylic acids is 1. The van der Waals surface area contributed by atoms with Crippen molar-refractivity contribution in [1.82, 2.24) is 15.2 Å². The molecule has 3 rings (SSSR count). The molecule has 0 spiro atoms. The van der Waals surface area contributed by atoms with Crippen LogP contribution in [-0.4, -0.2) is 47.1 Å². The maximum atomic E-state index is 13.1. The van der Waals surface area contributed by atoms with E-state index in [1.165, 1.54) is 6.07 Å². The molecule has 8 nitrogen and oxygen atoms in total. The molecule has 8 heteroatoms. The van der Waals surface area contributed by atoms with Crippen LogP contribution in [-0.2, 0) is 20.9 Å². The highest BCUT2D eigenvalue weighted by molar-refractivity contribution is 5.99. The number of nitrogens with zero attached hydrogens (tertiary/aromatic N) is 3. The van der Waals surface area contributed by atoms with E-state index in [0.717, 1.165) is 5.56 Å². The van der Waals surface area contributed by atoms with Crippen LogP contribution in [0.5, 0.6) is 0 Å². The van der Waals surface area contributed by atoms with Crippen molar-refractivity contribution in [3.05, 3.63) is 88.0 Å². The third-order valence-electron chi connectivity index (χ3n) is 5.39.